The number of pyridine rings is 1. The molecule has 0 unspecified atom stereocenters. The van der Waals surface area contributed by atoms with Crippen molar-refractivity contribution in [2.45, 2.75) is 6.10 Å². The van der Waals surface area contributed by atoms with Gasteiger partial charge in [0.2, 0.25) is 12.7 Å². The summed E-state index contributed by atoms with van der Waals surface area (Å²) in [6.45, 7) is 1.29. The van der Waals surface area contributed by atoms with Crippen LogP contribution in [0.15, 0.2) is 54.6 Å². The molecule has 2 aromatic carbocycles. The Balaban J connectivity index is 1.23. The fraction of sp³-hybridized carbons (Fsp3) is 0.200. The summed E-state index contributed by atoms with van der Waals surface area (Å²) >= 11 is 0. The summed E-state index contributed by atoms with van der Waals surface area (Å²) in [6, 6.07) is 17.0. The predicted molar refractivity (Wildman–Crippen MR) is 94.6 cm³/mol. The van der Waals surface area contributed by atoms with Crippen molar-refractivity contribution in [1.29, 1.82) is 0 Å². The predicted octanol–water partition coefficient (Wildman–Crippen LogP) is 2.87. The molecule has 3 heterocycles. The smallest absolute Gasteiger partial charge is 0.254 e. The normalized spacial score (nSPS) is 15.8. The van der Waals surface area contributed by atoms with E-state index in [4.69, 9.17) is 14.2 Å². The Labute approximate surface area is 149 Å². The molecule has 26 heavy (non-hydrogen) atoms. The van der Waals surface area contributed by atoms with Crippen molar-refractivity contribution in [3.05, 3.63) is 60.2 Å². The summed E-state index contributed by atoms with van der Waals surface area (Å²) in [6.07, 6.45) is -0.0402. The second-order valence-corrected chi connectivity index (χ2v) is 6.36. The van der Waals surface area contributed by atoms with Gasteiger partial charge in [0.1, 0.15) is 6.10 Å². The fourth-order valence-corrected chi connectivity index (χ4v) is 3.17. The SMILES string of the molecule is O=C(c1ccc2c(c1)OCO2)N1CC(Oc2ccc3ccccc3n2)C1. The Morgan fingerprint density at radius 3 is 2.81 bits per heavy atom. The van der Waals surface area contributed by atoms with Gasteiger partial charge in [-0.25, -0.2) is 4.98 Å². The zero-order valence-corrected chi connectivity index (χ0v) is 13.9. The molecule has 0 saturated carbocycles. The van der Waals surface area contributed by atoms with Crippen LogP contribution in [0.1, 0.15) is 10.4 Å². The summed E-state index contributed by atoms with van der Waals surface area (Å²) in [7, 11) is 0. The molecule has 0 bridgehead atoms. The first-order chi connectivity index (χ1) is 12.8. The van der Waals surface area contributed by atoms with Crippen molar-refractivity contribution < 1.29 is 19.0 Å². The van der Waals surface area contributed by atoms with Gasteiger partial charge in [-0.05, 0) is 30.3 Å². The summed E-state index contributed by atoms with van der Waals surface area (Å²) in [4.78, 5) is 18.8. The summed E-state index contributed by atoms with van der Waals surface area (Å²) < 4.78 is 16.5. The van der Waals surface area contributed by atoms with Crippen molar-refractivity contribution in [2.24, 2.45) is 0 Å². The van der Waals surface area contributed by atoms with Crippen LogP contribution in [-0.4, -0.2) is 41.8 Å². The second-order valence-electron chi connectivity index (χ2n) is 6.36. The molecule has 0 spiro atoms. The van der Waals surface area contributed by atoms with Crippen LogP contribution in [0, 0.1) is 0 Å². The molecule has 1 amide bonds. The van der Waals surface area contributed by atoms with Gasteiger partial charge < -0.3 is 19.1 Å². The number of fused-ring (bicyclic) bond motifs is 2. The maximum absolute atomic E-state index is 12.6. The molecule has 2 aliphatic heterocycles. The molecule has 1 aromatic heterocycles. The van der Waals surface area contributed by atoms with Crippen molar-refractivity contribution in [3.8, 4) is 17.4 Å². The van der Waals surface area contributed by atoms with Gasteiger partial charge in [-0.15, -0.1) is 0 Å². The van der Waals surface area contributed by atoms with Crippen molar-refractivity contribution in [1.82, 2.24) is 9.88 Å². The Bertz CT molecular complexity index is 998. The molecule has 1 saturated heterocycles. The number of amides is 1. The Kier molecular flexibility index (Phi) is 3.41. The number of hydrogen-bond acceptors (Lipinski definition) is 5. The van der Waals surface area contributed by atoms with Gasteiger partial charge in [0, 0.05) is 17.0 Å². The number of para-hydroxylation sites is 1. The van der Waals surface area contributed by atoms with E-state index in [1.54, 1.807) is 23.1 Å². The summed E-state index contributed by atoms with van der Waals surface area (Å²) in [5, 5.41) is 1.08. The largest absolute Gasteiger partial charge is 0.471 e. The third-order valence-corrected chi connectivity index (χ3v) is 4.62. The maximum Gasteiger partial charge on any atom is 0.254 e. The van der Waals surface area contributed by atoms with E-state index in [0.717, 1.165) is 10.9 Å². The molecule has 6 nitrogen and oxygen atoms in total. The highest BCUT2D eigenvalue weighted by Gasteiger charge is 2.33. The minimum atomic E-state index is -0.0402. The maximum atomic E-state index is 12.6. The number of carbonyl (C=O) groups is 1. The highest BCUT2D eigenvalue weighted by Crippen LogP contribution is 2.33. The number of ether oxygens (including phenoxy) is 3. The van der Waals surface area contributed by atoms with E-state index in [1.165, 1.54) is 0 Å². The first kappa shape index (κ1) is 15.0. The quantitative estimate of drug-likeness (QED) is 0.728. The van der Waals surface area contributed by atoms with E-state index >= 15 is 0 Å². The van der Waals surface area contributed by atoms with E-state index in [1.807, 2.05) is 36.4 Å². The molecular formula is C20H16N2O4. The monoisotopic (exact) mass is 348 g/mol. The van der Waals surface area contributed by atoms with Crippen molar-refractivity contribution in [3.63, 3.8) is 0 Å². The molecule has 130 valence electrons. The van der Waals surface area contributed by atoms with Crippen LogP contribution in [0.5, 0.6) is 17.4 Å². The summed E-state index contributed by atoms with van der Waals surface area (Å²) in [5.74, 6) is 1.84. The second kappa shape index (κ2) is 5.91. The fourth-order valence-electron chi connectivity index (χ4n) is 3.17. The van der Waals surface area contributed by atoms with Gasteiger partial charge in [-0.1, -0.05) is 18.2 Å². The van der Waals surface area contributed by atoms with Crippen LogP contribution < -0.4 is 14.2 Å². The minimum Gasteiger partial charge on any atom is -0.471 e. The first-order valence-corrected chi connectivity index (χ1v) is 8.48. The lowest BCUT2D eigenvalue weighted by Gasteiger charge is -2.38. The van der Waals surface area contributed by atoms with Gasteiger partial charge >= 0.3 is 0 Å². The third kappa shape index (κ3) is 2.60. The highest BCUT2D eigenvalue weighted by atomic mass is 16.7. The van der Waals surface area contributed by atoms with Crippen molar-refractivity contribution in [2.75, 3.05) is 19.9 Å². The molecule has 6 heteroatoms. The zero-order chi connectivity index (χ0) is 17.5. The minimum absolute atomic E-state index is 0.0328. The average molecular weight is 348 g/mol. The number of nitrogens with zero attached hydrogens (tertiary/aromatic N) is 2. The van der Waals surface area contributed by atoms with Gasteiger partial charge in [0.25, 0.3) is 5.91 Å². The van der Waals surface area contributed by atoms with E-state index < -0.39 is 0 Å². The number of likely N-dealkylation sites (tertiary alicyclic amines) is 1. The molecule has 0 radical (unpaired) electrons. The average Bonchev–Trinajstić information content (AvgIpc) is 3.11. The Morgan fingerprint density at radius 2 is 1.88 bits per heavy atom. The van der Waals surface area contributed by atoms with Crippen molar-refractivity contribution >= 4 is 16.8 Å². The molecule has 3 aromatic rings. The number of benzene rings is 2. The van der Waals surface area contributed by atoms with Crippen LogP contribution in [0.2, 0.25) is 0 Å². The first-order valence-electron chi connectivity index (χ1n) is 8.48. The van der Waals surface area contributed by atoms with E-state index in [2.05, 4.69) is 4.98 Å². The third-order valence-electron chi connectivity index (χ3n) is 4.62. The highest BCUT2D eigenvalue weighted by molar-refractivity contribution is 5.95. The number of hydrogen-bond donors (Lipinski definition) is 0. The molecule has 5 rings (SSSR count). The topological polar surface area (TPSA) is 60.9 Å². The lowest BCUT2D eigenvalue weighted by molar-refractivity contribution is 0.0161. The van der Waals surface area contributed by atoms with Crippen LogP contribution >= 0.6 is 0 Å². The van der Waals surface area contributed by atoms with Crippen LogP contribution in [0.3, 0.4) is 0 Å². The van der Waals surface area contributed by atoms with Gasteiger partial charge in [-0.3, -0.25) is 4.79 Å². The zero-order valence-electron chi connectivity index (χ0n) is 13.9. The number of aromatic nitrogens is 1. The Hall–Kier alpha value is -3.28. The number of rotatable bonds is 3. The van der Waals surface area contributed by atoms with Gasteiger partial charge in [-0.2, -0.15) is 0 Å². The van der Waals surface area contributed by atoms with E-state index in [-0.39, 0.29) is 18.8 Å². The van der Waals surface area contributed by atoms with E-state index in [9.17, 15) is 4.79 Å². The molecular weight excluding hydrogens is 332 g/mol. The van der Waals surface area contributed by atoms with Gasteiger partial charge in [0.15, 0.2) is 11.5 Å². The van der Waals surface area contributed by atoms with Gasteiger partial charge in [0.05, 0.1) is 18.6 Å². The molecule has 1 fully saturated rings. The lowest BCUT2D eigenvalue weighted by atomic mass is 10.1. The molecule has 0 N–H and O–H groups in total. The number of carbonyl (C=O) groups excluding carboxylic acids is 1. The molecule has 0 aliphatic carbocycles. The van der Waals surface area contributed by atoms with Crippen LogP contribution in [0.4, 0.5) is 0 Å². The van der Waals surface area contributed by atoms with Crippen LogP contribution in [-0.2, 0) is 0 Å². The van der Waals surface area contributed by atoms with Crippen LogP contribution in [0.25, 0.3) is 10.9 Å². The standard InChI is InChI=1S/C20H16N2O4/c23-20(14-5-7-17-18(9-14)25-12-24-17)22-10-15(11-22)26-19-8-6-13-3-1-2-4-16(13)21-19/h1-9,15H,10-12H2. The summed E-state index contributed by atoms with van der Waals surface area (Å²) in [5.41, 5.74) is 1.49. The van der Waals surface area contributed by atoms with E-state index in [0.29, 0.717) is 36.0 Å². The molecule has 2 aliphatic rings. The Morgan fingerprint density at radius 1 is 1.04 bits per heavy atom. The lowest BCUT2D eigenvalue weighted by Crippen LogP contribution is -2.56. The molecule has 0 atom stereocenters.